The van der Waals surface area contributed by atoms with E-state index in [9.17, 15) is 9.59 Å². The van der Waals surface area contributed by atoms with E-state index in [1.165, 1.54) is 12.8 Å². The fraction of sp³-hybridized carbons (Fsp3) is 0.733. The summed E-state index contributed by atoms with van der Waals surface area (Å²) in [7, 11) is 0. The van der Waals surface area contributed by atoms with Gasteiger partial charge in [0.25, 0.3) is 0 Å². The van der Waals surface area contributed by atoms with E-state index in [0.717, 1.165) is 13.1 Å². The number of rotatable bonds is 5. The summed E-state index contributed by atoms with van der Waals surface area (Å²) in [4.78, 5) is 22.9. The maximum absolute atomic E-state index is 12.0. The lowest BCUT2D eigenvalue weighted by molar-refractivity contribution is -0.140. The van der Waals surface area contributed by atoms with Gasteiger partial charge in [0.05, 0.1) is 5.92 Å². The molecule has 1 amide bonds. The molecule has 4 unspecified atom stereocenters. The number of amides is 1. The first kappa shape index (κ1) is 15.0. The highest BCUT2D eigenvalue weighted by atomic mass is 16.4. The lowest BCUT2D eigenvalue weighted by atomic mass is 9.85. The summed E-state index contributed by atoms with van der Waals surface area (Å²) in [5, 5.41) is 15.2. The summed E-state index contributed by atoms with van der Waals surface area (Å²) in [5.41, 5.74) is 0. The largest absolute Gasteiger partial charge is 0.481 e. The molecule has 0 aromatic rings. The van der Waals surface area contributed by atoms with Crippen molar-refractivity contribution in [2.75, 3.05) is 13.1 Å². The Hall–Kier alpha value is -1.36. The predicted octanol–water partition coefficient (Wildman–Crippen LogP) is 1.16. The Morgan fingerprint density at radius 2 is 2.25 bits per heavy atom. The molecule has 0 aromatic carbocycles. The van der Waals surface area contributed by atoms with Crippen LogP contribution >= 0.6 is 0 Å². The van der Waals surface area contributed by atoms with Gasteiger partial charge in [-0.25, -0.2) is 0 Å². The first-order valence-corrected chi connectivity index (χ1v) is 7.47. The summed E-state index contributed by atoms with van der Waals surface area (Å²) < 4.78 is 0. The van der Waals surface area contributed by atoms with Gasteiger partial charge in [0.2, 0.25) is 5.91 Å². The molecule has 112 valence electrons. The van der Waals surface area contributed by atoms with Crippen LogP contribution in [0, 0.1) is 17.8 Å². The molecule has 2 aliphatic rings. The van der Waals surface area contributed by atoms with Crippen molar-refractivity contribution in [3.05, 3.63) is 12.2 Å². The molecule has 5 heteroatoms. The van der Waals surface area contributed by atoms with Crippen LogP contribution in [0.25, 0.3) is 0 Å². The van der Waals surface area contributed by atoms with Gasteiger partial charge in [-0.3, -0.25) is 9.59 Å². The topological polar surface area (TPSA) is 78.4 Å². The molecular formula is C15H24N2O3. The summed E-state index contributed by atoms with van der Waals surface area (Å²) in [6.45, 7) is 4.21. The zero-order valence-electron chi connectivity index (χ0n) is 12.0. The molecule has 3 N–H and O–H groups in total. The lowest BCUT2D eigenvalue weighted by Crippen LogP contribution is -2.38. The van der Waals surface area contributed by atoms with E-state index in [2.05, 4.69) is 17.6 Å². The van der Waals surface area contributed by atoms with Crippen LogP contribution in [0.5, 0.6) is 0 Å². The Kier molecular flexibility index (Phi) is 5.17. The SMILES string of the molecule is CC(CC(=O)NC1C=CC(C(=O)O)C1)C1CCCNC1. The molecule has 1 heterocycles. The van der Waals surface area contributed by atoms with Crippen LogP contribution in [-0.4, -0.2) is 36.1 Å². The molecule has 20 heavy (non-hydrogen) atoms. The highest BCUT2D eigenvalue weighted by Crippen LogP contribution is 2.23. The van der Waals surface area contributed by atoms with Crippen LogP contribution in [0.15, 0.2) is 12.2 Å². The van der Waals surface area contributed by atoms with Crippen molar-refractivity contribution < 1.29 is 14.7 Å². The number of carbonyl (C=O) groups excluding carboxylic acids is 1. The Labute approximate surface area is 119 Å². The quantitative estimate of drug-likeness (QED) is 0.660. The van der Waals surface area contributed by atoms with Crippen molar-refractivity contribution in [3.63, 3.8) is 0 Å². The average molecular weight is 280 g/mol. The maximum atomic E-state index is 12.0. The third-order valence-corrected chi connectivity index (χ3v) is 4.39. The van der Waals surface area contributed by atoms with E-state index in [0.29, 0.717) is 24.7 Å². The number of aliphatic carboxylic acids is 1. The molecule has 0 aromatic heterocycles. The van der Waals surface area contributed by atoms with Gasteiger partial charge in [-0.15, -0.1) is 0 Å². The predicted molar refractivity (Wildman–Crippen MR) is 76.2 cm³/mol. The number of nitrogens with one attached hydrogen (secondary N) is 2. The third-order valence-electron chi connectivity index (χ3n) is 4.39. The van der Waals surface area contributed by atoms with E-state index in [-0.39, 0.29) is 11.9 Å². The summed E-state index contributed by atoms with van der Waals surface area (Å²) in [5.74, 6) is -0.312. The minimum Gasteiger partial charge on any atom is -0.481 e. The molecule has 1 aliphatic heterocycles. The zero-order chi connectivity index (χ0) is 14.5. The normalized spacial score (nSPS) is 30.9. The fourth-order valence-corrected chi connectivity index (χ4v) is 3.08. The number of hydrogen-bond donors (Lipinski definition) is 3. The summed E-state index contributed by atoms with van der Waals surface area (Å²) in [6, 6.07) is -0.125. The first-order chi connectivity index (χ1) is 9.56. The van der Waals surface area contributed by atoms with Crippen LogP contribution in [-0.2, 0) is 9.59 Å². The zero-order valence-corrected chi connectivity index (χ0v) is 12.0. The molecule has 0 radical (unpaired) electrons. The smallest absolute Gasteiger partial charge is 0.310 e. The molecule has 5 nitrogen and oxygen atoms in total. The molecule has 1 fully saturated rings. The van der Waals surface area contributed by atoms with E-state index in [4.69, 9.17) is 5.11 Å². The molecule has 0 bridgehead atoms. The molecule has 1 saturated heterocycles. The standard InChI is InChI=1S/C15H24N2O3/c1-10(12-3-2-6-16-9-12)7-14(18)17-13-5-4-11(8-13)15(19)20/h4-5,10-13,16H,2-3,6-9H2,1H3,(H,17,18)(H,19,20). The second kappa shape index (κ2) is 6.88. The van der Waals surface area contributed by atoms with E-state index >= 15 is 0 Å². The number of carboxylic acids is 1. The second-order valence-electron chi connectivity index (χ2n) is 6.03. The average Bonchev–Trinajstić information content (AvgIpc) is 2.88. The van der Waals surface area contributed by atoms with E-state index in [1.807, 2.05) is 0 Å². The van der Waals surface area contributed by atoms with Crippen molar-refractivity contribution >= 4 is 11.9 Å². The molecule has 4 atom stereocenters. The fourth-order valence-electron chi connectivity index (χ4n) is 3.08. The van der Waals surface area contributed by atoms with Gasteiger partial charge in [-0.2, -0.15) is 0 Å². The Morgan fingerprint density at radius 1 is 1.45 bits per heavy atom. The van der Waals surface area contributed by atoms with Gasteiger partial charge in [-0.1, -0.05) is 19.1 Å². The maximum Gasteiger partial charge on any atom is 0.310 e. The number of hydrogen-bond acceptors (Lipinski definition) is 3. The highest BCUT2D eigenvalue weighted by molar-refractivity contribution is 5.78. The molecule has 1 aliphatic carbocycles. The molecule has 2 rings (SSSR count). The van der Waals surface area contributed by atoms with Crippen molar-refractivity contribution in [2.45, 2.75) is 38.6 Å². The van der Waals surface area contributed by atoms with Crippen LogP contribution in [0.1, 0.15) is 32.6 Å². The van der Waals surface area contributed by atoms with Gasteiger partial charge in [0.15, 0.2) is 0 Å². The van der Waals surface area contributed by atoms with Crippen LogP contribution in [0.4, 0.5) is 0 Å². The monoisotopic (exact) mass is 280 g/mol. The van der Waals surface area contributed by atoms with Crippen molar-refractivity contribution in [3.8, 4) is 0 Å². The Bertz CT molecular complexity index is 389. The highest BCUT2D eigenvalue weighted by Gasteiger charge is 2.27. The van der Waals surface area contributed by atoms with Crippen molar-refractivity contribution in [1.82, 2.24) is 10.6 Å². The Balaban J connectivity index is 1.73. The van der Waals surface area contributed by atoms with Gasteiger partial charge in [0, 0.05) is 12.5 Å². The van der Waals surface area contributed by atoms with E-state index in [1.54, 1.807) is 12.2 Å². The Morgan fingerprint density at radius 3 is 2.85 bits per heavy atom. The van der Waals surface area contributed by atoms with E-state index < -0.39 is 11.9 Å². The minimum absolute atomic E-state index is 0.0313. The van der Waals surface area contributed by atoms with Crippen molar-refractivity contribution in [2.24, 2.45) is 17.8 Å². The minimum atomic E-state index is -0.820. The molecular weight excluding hydrogens is 256 g/mol. The summed E-state index contributed by atoms with van der Waals surface area (Å²) in [6.07, 6.45) is 6.83. The number of carbonyl (C=O) groups is 2. The lowest BCUT2D eigenvalue weighted by Gasteiger charge is -2.28. The van der Waals surface area contributed by atoms with Gasteiger partial charge < -0.3 is 15.7 Å². The van der Waals surface area contributed by atoms with Crippen LogP contribution in [0.2, 0.25) is 0 Å². The first-order valence-electron chi connectivity index (χ1n) is 7.47. The van der Waals surface area contributed by atoms with Crippen molar-refractivity contribution in [1.29, 1.82) is 0 Å². The molecule has 0 saturated carbocycles. The number of carboxylic acid groups (broad SMARTS) is 1. The van der Waals surface area contributed by atoms with Gasteiger partial charge in [0.1, 0.15) is 0 Å². The van der Waals surface area contributed by atoms with Crippen LogP contribution in [0.3, 0.4) is 0 Å². The molecule has 0 spiro atoms. The second-order valence-corrected chi connectivity index (χ2v) is 6.03. The van der Waals surface area contributed by atoms with Gasteiger partial charge >= 0.3 is 5.97 Å². The van der Waals surface area contributed by atoms with Crippen LogP contribution < -0.4 is 10.6 Å². The van der Waals surface area contributed by atoms with Gasteiger partial charge in [-0.05, 0) is 44.2 Å². The summed E-state index contributed by atoms with van der Waals surface area (Å²) >= 11 is 0. The number of piperidine rings is 1. The third kappa shape index (κ3) is 4.07.